The molecule has 0 aliphatic carbocycles. The van der Waals surface area contributed by atoms with Crippen LogP contribution in [0.3, 0.4) is 0 Å². The number of aryl methyl sites for hydroxylation is 1. The Balaban J connectivity index is 2.05. The van der Waals surface area contributed by atoms with Crippen molar-refractivity contribution in [3.63, 3.8) is 0 Å². The smallest absolute Gasteiger partial charge is 0.206 e. The van der Waals surface area contributed by atoms with Crippen LogP contribution in [-0.4, -0.2) is 14.4 Å². The lowest BCUT2D eigenvalue weighted by molar-refractivity contribution is 0.455. The largest absolute Gasteiger partial charge is 0.439 e. The zero-order valence-electron chi connectivity index (χ0n) is 12.4. The molecule has 1 aromatic carbocycles. The highest BCUT2D eigenvalue weighted by atomic mass is 16.5. The first kappa shape index (κ1) is 13.3. The molecule has 0 spiro atoms. The van der Waals surface area contributed by atoms with Crippen LogP contribution >= 0.6 is 0 Å². The molecule has 0 saturated heterocycles. The number of imidazole rings is 1. The first-order valence-corrected chi connectivity index (χ1v) is 7.17. The second-order valence-corrected chi connectivity index (χ2v) is 5.20. The van der Waals surface area contributed by atoms with Crippen LogP contribution in [0.15, 0.2) is 54.9 Å². The summed E-state index contributed by atoms with van der Waals surface area (Å²) in [4.78, 5) is 8.66. The van der Waals surface area contributed by atoms with Crippen molar-refractivity contribution in [2.75, 3.05) is 0 Å². The SMILES string of the molecule is Cc1cc(Oc2cccnc2)n2c(nc3ccccc32)c1C#N. The molecule has 5 heteroatoms. The van der Waals surface area contributed by atoms with Crippen LogP contribution < -0.4 is 4.74 Å². The molecule has 110 valence electrons. The van der Waals surface area contributed by atoms with E-state index >= 15 is 0 Å². The summed E-state index contributed by atoms with van der Waals surface area (Å²) in [6.07, 6.45) is 3.34. The molecule has 4 aromatic rings. The molecule has 0 N–H and O–H groups in total. The number of pyridine rings is 2. The highest BCUT2D eigenvalue weighted by Gasteiger charge is 2.16. The molecule has 0 radical (unpaired) electrons. The van der Waals surface area contributed by atoms with E-state index in [1.807, 2.05) is 53.8 Å². The van der Waals surface area contributed by atoms with Crippen LogP contribution in [0.5, 0.6) is 11.6 Å². The van der Waals surface area contributed by atoms with Crippen molar-refractivity contribution in [3.8, 4) is 17.7 Å². The number of hydrogen-bond donors (Lipinski definition) is 0. The molecular weight excluding hydrogens is 288 g/mol. The Morgan fingerprint density at radius 2 is 2.04 bits per heavy atom. The quantitative estimate of drug-likeness (QED) is 0.564. The molecule has 0 bridgehead atoms. The number of benzene rings is 1. The third-order valence-corrected chi connectivity index (χ3v) is 3.71. The molecule has 0 saturated carbocycles. The average molecular weight is 300 g/mol. The molecule has 0 unspecified atom stereocenters. The van der Waals surface area contributed by atoms with Crippen molar-refractivity contribution < 1.29 is 4.74 Å². The maximum atomic E-state index is 9.47. The van der Waals surface area contributed by atoms with E-state index in [-0.39, 0.29) is 0 Å². The summed E-state index contributed by atoms with van der Waals surface area (Å²) in [6, 6.07) is 15.5. The third kappa shape index (κ3) is 2.09. The van der Waals surface area contributed by atoms with Gasteiger partial charge in [0.2, 0.25) is 5.88 Å². The molecule has 4 rings (SSSR count). The molecule has 3 heterocycles. The Hall–Kier alpha value is -3.39. The summed E-state index contributed by atoms with van der Waals surface area (Å²) in [5.41, 5.74) is 3.71. The van der Waals surface area contributed by atoms with Crippen LogP contribution in [0.25, 0.3) is 16.7 Å². The number of ether oxygens (including phenoxy) is 1. The van der Waals surface area contributed by atoms with Crippen LogP contribution in [0, 0.1) is 18.3 Å². The molecular formula is C18H12N4O. The standard InChI is InChI=1S/C18H12N4O/c1-12-9-17(23-13-5-4-8-20-11-13)22-16-7-3-2-6-15(16)21-18(22)14(12)10-19/h2-9,11H,1H3. The number of rotatable bonds is 2. The number of para-hydroxylation sites is 2. The van der Waals surface area contributed by atoms with Gasteiger partial charge in [0.15, 0.2) is 5.65 Å². The van der Waals surface area contributed by atoms with Gasteiger partial charge in [-0.25, -0.2) is 4.98 Å². The number of nitriles is 1. The van der Waals surface area contributed by atoms with Crippen molar-refractivity contribution >= 4 is 16.7 Å². The van der Waals surface area contributed by atoms with E-state index in [2.05, 4.69) is 16.0 Å². The maximum absolute atomic E-state index is 9.47. The normalized spacial score (nSPS) is 10.8. The van der Waals surface area contributed by atoms with Gasteiger partial charge < -0.3 is 4.74 Å². The molecule has 0 aliphatic heterocycles. The number of nitrogens with zero attached hydrogens (tertiary/aromatic N) is 4. The summed E-state index contributed by atoms with van der Waals surface area (Å²) < 4.78 is 7.86. The van der Waals surface area contributed by atoms with Crippen molar-refractivity contribution in [1.82, 2.24) is 14.4 Å². The molecule has 0 aliphatic rings. The summed E-state index contributed by atoms with van der Waals surface area (Å²) in [5, 5.41) is 9.47. The van der Waals surface area contributed by atoms with Crippen molar-refractivity contribution in [2.45, 2.75) is 6.92 Å². The third-order valence-electron chi connectivity index (χ3n) is 3.71. The van der Waals surface area contributed by atoms with E-state index in [1.165, 1.54) is 0 Å². The monoisotopic (exact) mass is 300 g/mol. The Kier molecular flexibility index (Phi) is 2.95. The lowest BCUT2D eigenvalue weighted by atomic mass is 10.1. The summed E-state index contributed by atoms with van der Waals surface area (Å²) in [5.74, 6) is 1.24. The van der Waals surface area contributed by atoms with Gasteiger partial charge >= 0.3 is 0 Å². The van der Waals surface area contributed by atoms with Gasteiger partial charge in [0.1, 0.15) is 11.8 Å². The first-order chi connectivity index (χ1) is 11.3. The first-order valence-electron chi connectivity index (χ1n) is 7.17. The fourth-order valence-electron chi connectivity index (χ4n) is 2.66. The topological polar surface area (TPSA) is 63.2 Å². The van der Waals surface area contributed by atoms with Crippen LogP contribution in [0.4, 0.5) is 0 Å². The summed E-state index contributed by atoms with van der Waals surface area (Å²) >= 11 is 0. The highest BCUT2D eigenvalue weighted by Crippen LogP contribution is 2.30. The fourth-order valence-corrected chi connectivity index (χ4v) is 2.66. The van der Waals surface area contributed by atoms with Crippen LogP contribution in [-0.2, 0) is 0 Å². The molecule has 0 amide bonds. The second-order valence-electron chi connectivity index (χ2n) is 5.20. The molecule has 5 nitrogen and oxygen atoms in total. The Morgan fingerprint density at radius 3 is 2.83 bits per heavy atom. The van der Waals surface area contributed by atoms with Gasteiger partial charge in [-0.2, -0.15) is 5.26 Å². The van der Waals surface area contributed by atoms with Gasteiger partial charge in [0.05, 0.1) is 22.8 Å². The number of fused-ring (bicyclic) bond motifs is 3. The van der Waals surface area contributed by atoms with Crippen LogP contribution in [0.2, 0.25) is 0 Å². The number of hydrogen-bond acceptors (Lipinski definition) is 4. The summed E-state index contributed by atoms with van der Waals surface area (Å²) in [7, 11) is 0. The van der Waals surface area contributed by atoms with Crippen molar-refractivity contribution in [2.24, 2.45) is 0 Å². The highest BCUT2D eigenvalue weighted by molar-refractivity contribution is 5.83. The van der Waals surface area contributed by atoms with E-state index in [0.717, 1.165) is 16.6 Å². The Labute approximate surface area is 132 Å². The lowest BCUT2D eigenvalue weighted by Crippen LogP contribution is -1.98. The summed E-state index contributed by atoms with van der Waals surface area (Å²) in [6.45, 7) is 1.88. The Bertz CT molecular complexity index is 1060. The van der Waals surface area contributed by atoms with Gasteiger partial charge in [-0.1, -0.05) is 12.1 Å². The number of aromatic nitrogens is 3. The molecule has 0 fully saturated rings. The zero-order valence-corrected chi connectivity index (χ0v) is 12.4. The second kappa shape index (κ2) is 5.11. The van der Waals surface area contributed by atoms with Crippen molar-refractivity contribution in [3.05, 3.63) is 66.0 Å². The fraction of sp³-hybridized carbons (Fsp3) is 0.0556. The zero-order chi connectivity index (χ0) is 15.8. The minimum absolute atomic E-state index is 0.555. The van der Waals surface area contributed by atoms with E-state index in [0.29, 0.717) is 22.8 Å². The lowest BCUT2D eigenvalue weighted by Gasteiger charge is -2.11. The molecule has 0 atom stereocenters. The van der Waals surface area contributed by atoms with Gasteiger partial charge in [0.25, 0.3) is 0 Å². The van der Waals surface area contributed by atoms with E-state index in [9.17, 15) is 5.26 Å². The maximum Gasteiger partial charge on any atom is 0.206 e. The Morgan fingerprint density at radius 1 is 1.17 bits per heavy atom. The van der Waals surface area contributed by atoms with Gasteiger partial charge in [-0.05, 0) is 36.8 Å². The average Bonchev–Trinajstić information content (AvgIpc) is 2.95. The predicted octanol–water partition coefficient (Wildman–Crippen LogP) is 3.85. The van der Waals surface area contributed by atoms with E-state index < -0.39 is 0 Å². The minimum atomic E-state index is 0.555. The predicted molar refractivity (Wildman–Crippen MR) is 86.5 cm³/mol. The van der Waals surface area contributed by atoms with E-state index in [4.69, 9.17) is 4.74 Å². The van der Waals surface area contributed by atoms with Gasteiger partial charge in [0, 0.05) is 12.3 Å². The van der Waals surface area contributed by atoms with Gasteiger partial charge in [-0.3, -0.25) is 9.38 Å². The molecule has 23 heavy (non-hydrogen) atoms. The minimum Gasteiger partial charge on any atom is -0.439 e. The van der Waals surface area contributed by atoms with E-state index in [1.54, 1.807) is 12.4 Å². The van der Waals surface area contributed by atoms with Crippen LogP contribution in [0.1, 0.15) is 11.1 Å². The molecule has 3 aromatic heterocycles. The van der Waals surface area contributed by atoms with Crippen molar-refractivity contribution in [1.29, 1.82) is 5.26 Å². The van der Waals surface area contributed by atoms with Gasteiger partial charge in [-0.15, -0.1) is 0 Å².